The maximum atomic E-state index is 12.7. The van der Waals surface area contributed by atoms with Crippen molar-refractivity contribution in [1.29, 1.82) is 5.26 Å². The van der Waals surface area contributed by atoms with Crippen LogP contribution in [0.4, 0.5) is 5.69 Å². The van der Waals surface area contributed by atoms with E-state index in [4.69, 9.17) is 21.6 Å². The molecule has 5 nitrogen and oxygen atoms in total. The Bertz CT molecular complexity index is 855. The average molecular weight is 355 g/mol. The third-order valence-corrected chi connectivity index (χ3v) is 3.49. The number of nitrogens with one attached hydrogen (secondary N) is 1. The van der Waals surface area contributed by atoms with E-state index in [-0.39, 0.29) is 18.0 Å². The van der Waals surface area contributed by atoms with Crippen molar-refractivity contribution in [2.24, 2.45) is 0 Å². The first-order valence-corrected chi connectivity index (χ1v) is 7.87. The molecule has 0 radical (unpaired) electrons. The van der Waals surface area contributed by atoms with Crippen molar-refractivity contribution >= 4 is 29.0 Å². The van der Waals surface area contributed by atoms with Crippen LogP contribution in [0.25, 0.3) is 0 Å². The van der Waals surface area contributed by atoms with Gasteiger partial charge in [-0.2, -0.15) is 5.26 Å². The number of halogens is 1. The molecule has 0 aromatic heterocycles. The molecule has 0 aliphatic rings. The highest BCUT2D eigenvalue weighted by Gasteiger charge is 2.15. The zero-order valence-electron chi connectivity index (χ0n) is 13.5. The number of hydrogen-bond acceptors (Lipinski definition) is 5. The van der Waals surface area contributed by atoms with E-state index in [1.165, 1.54) is 12.3 Å². The summed E-state index contributed by atoms with van der Waals surface area (Å²) in [5, 5.41) is 12.3. The number of carbonyl (C=O) groups is 2. The normalized spacial score (nSPS) is 10.7. The minimum Gasteiger partial charge on any atom is -0.462 e. The van der Waals surface area contributed by atoms with Gasteiger partial charge in [0.15, 0.2) is 11.4 Å². The molecule has 0 bridgehead atoms. The summed E-state index contributed by atoms with van der Waals surface area (Å²) >= 11 is 6.01. The van der Waals surface area contributed by atoms with Crippen LogP contribution in [0, 0.1) is 11.3 Å². The number of anilines is 1. The van der Waals surface area contributed by atoms with Gasteiger partial charge in [0, 0.05) is 28.0 Å². The van der Waals surface area contributed by atoms with Gasteiger partial charge >= 0.3 is 5.97 Å². The van der Waals surface area contributed by atoms with Crippen molar-refractivity contribution in [3.63, 3.8) is 0 Å². The SMILES string of the molecule is CCOC(=O)C(C#N)=CNc1ccc(Cl)cc1C(=O)c1ccccc1. The number of ketones is 1. The highest BCUT2D eigenvalue weighted by Crippen LogP contribution is 2.24. The molecule has 2 aromatic carbocycles. The molecule has 0 amide bonds. The lowest BCUT2D eigenvalue weighted by atomic mass is 10.0. The number of nitriles is 1. The van der Waals surface area contributed by atoms with Crippen LogP contribution < -0.4 is 5.32 Å². The number of ether oxygens (including phenoxy) is 1. The molecule has 0 unspecified atom stereocenters. The van der Waals surface area contributed by atoms with Crippen molar-refractivity contribution in [2.45, 2.75) is 6.92 Å². The second kappa shape index (κ2) is 8.67. The highest BCUT2D eigenvalue weighted by atomic mass is 35.5. The third kappa shape index (κ3) is 4.69. The van der Waals surface area contributed by atoms with Gasteiger partial charge in [0.1, 0.15) is 6.07 Å². The van der Waals surface area contributed by atoms with E-state index in [1.54, 1.807) is 49.4 Å². The van der Waals surface area contributed by atoms with E-state index in [0.29, 0.717) is 21.8 Å². The van der Waals surface area contributed by atoms with E-state index in [0.717, 1.165) is 0 Å². The maximum Gasteiger partial charge on any atom is 0.350 e. The Morgan fingerprint density at radius 2 is 1.96 bits per heavy atom. The smallest absolute Gasteiger partial charge is 0.350 e. The Hall–Kier alpha value is -3.10. The summed E-state index contributed by atoms with van der Waals surface area (Å²) < 4.78 is 4.79. The molecule has 126 valence electrons. The second-order valence-corrected chi connectivity index (χ2v) is 5.36. The molecule has 2 rings (SSSR count). The summed E-state index contributed by atoms with van der Waals surface area (Å²) in [5.41, 5.74) is 1.06. The number of rotatable bonds is 6. The maximum absolute atomic E-state index is 12.7. The van der Waals surface area contributed by atoms with Gasteiger partial charge < -0.3 is 10.1 Å². The highest BCUT2D eigenvalue weighted by molar-refractivity contribution is 6.31. The van der Waals surface area contributed by atoms with Gasteiger partial charge in [-0.3, -0.25) is 4.79 Å². The van der Waals surface area contributed by atoms with Crippen molar-refractivity contribution in [3.8, 4) is 6.07 Å². The monoisotopic (exact) mass is 354 g/mol. The molecular formula is C19H15ClN2O3. The molecule has 0 spiro atoms. The van der Waals surface area contributed by atoms with Gasteiger partial charge in [0.05, 0.1) is 6.61 Å². The van der Waals surface area contributed by atoms with Crippen LogP contribution in [0.3, 0.4) is 0 Å². The van der Waals surface area contributed by atoms with Crippen molar-refractivity contribution in [1.82, 2.24) is 0 Å². The van der Waals surface area contributed by atoms with Gasteiger partial charge in [-0.05, 0) is 25.1 Å². The van der Waals surface area contributed by atoms with Crippen molar-refractivity contribution < 1.29 is 14.3 Å². The van der Waals surface area contributed by atoms with Crippen LogP contribution >= 0.6 is 11.6 Å². The van der Waals surface area contributed by atoms with Crippen LogP contribution in [-0.4, -0.2) is 18.4 Å². The number of hydrogen-bond donors (Lipinski definition) is 1. The first kappa shape index (κ1) is 18.2. The fourth-order valence-electron chi connectivity index (χ4n) is 2.07. The van der Waals surface area contributed by atoms with Gasteiger partial charge in [-0.25, -0.2) is 4.79 Å². The average Bonchev–Trinajstić information content (AvgIpc) is 2.63. The van der Waals surface area contributed by atoms with Gasteiger partial charge in [0.2, 0.25) is 0 Å². The summed E-state index contributed by atoms with van der Waals surface area (Å²) in [5.74, 6) is -0.962. The molecule has 0 aliphatic heterocycles. The summed E-state index contributed by atoms with van der Waals surface area (Å²) in [6, 6.07) is 15.2. The van der Waals surface area contributed by atoms with Crippen molar-refractivity contribution in [3.05, 3.63) is 76.5 Å². The number of carbonyl (C=O) groups excluding carboxylic acids is 2. The number of nitrogens with zero attached hydrogens (tertiary/aromatic N) is 1. The largest absolute Gasteiger partial charge is 0.462 e. The first-order chi connectivity index (χ1) is 12.1. The van der Waals surface area contributed by atoms with E-state index in [1.807, 2.05) is 6.07 Å². The van der Waals surface area contributed by atoms with Crippen molar-refractivity contribution in [2.75, 3.05) is 11.9 Å². The van der Waals surface area contributed by atoms with E-state index in [9.17, 15) is 9.59 Å². The van der Waals surface area contributed by atoms with Gasteiger partial charge in [0.25, 0.3) is 0 Å². The molecule has 0 saturated carbocycles. The Kier molecular flexibility index (Phi) is 6.33. The lowest BCUT2D eigenvalue weighted by Crippen LogP contribution is -2.09. The molecule has 1 N–H and O–H groups in total. The second-order valence-electron chi connectivity index (χ2n) is 4.92. The molecule has 0 aliphatic carbocycles. The first-order valence-electron chi connectivity index (χ1n) is 7.50. The molecule has 0 saturated heterocycles. The Morgan fingerprint density at radius 1 is 1.24 bits per heavy atom. The quantitative estimate of drug-likeness (QED) is 0.367. The predicted molar refractivity (Wildman–Crippen MR) is 95.3 cm³/mol. The van der Waals surface area contributed by atoms with Crippen LogP contribution in [0.15, 0.2) is 60.3 Å². The van der Waals surface area contributed by atoms with Crippen LogP contribution in [0.1, 0.15) is 22.8 Å². The van der Waals surface area contributed by atoms with Crippen LogP contribution in [0.2, 0.25) is 5.02 Å². The summed E-state index contributed by atoms with van der Waals surface area (Å²) in [6.45, 7) is 1.81. The van der Waals surface area contributed by atoms with E-state index in [2.05, 4.69) is 5.32 Å². The van der Waals surface area contributed by atoms with E-state index < -0.39 is 5.97 Å². The molecule has 0 fully saturated rings. The molecule has 2 aromatic rings. The molecule has 0 heterocycles. The van der Waals surface area contributed by atoms with Crippen LogP contribution in [-0.2, 0) is 9.53 Å². The van der Waals surface area contributed by atoms with Gasteiger partial charge in [-0.1, -0.05) is 41.9 Å². The molecular weight excluding hydrogens is 340 g/mol. The standard InChI is InChI=1S/C19H15ClN2O3/c1-2-25-19(24)14(11-21)12-22-17-9-8-15(20)10-16(17)18(23)13-6-4-3-5-7-13/h3-10,12,22H,2H2,1H3. The Balaban J connectivity index is 2.35. The minimum absolute atomic E-state index is 0.163. The number of esters is 1. The number of benzene rings is 2. The van der Waals surface area contributed by atoms with E-state index >= 15 is 0 Å². The lowest BCUT2D eigenvalue weighted by Gasteiger charge is -2.10. The summed E-state index contributed by atoms with van der Waals surface area (Å²) in [7, 11) is 0. The summed E-state index contributed by atoms with van der Waals surface area (Å²) in [6.07, 6.45) is 1.21. The molecule has 25 heavy (non-hydrogen) atoms. The topological polar surface area (TPSA) is 79.2 Å². The van der Waals surface area contributed by atoms with Gasteiger partial charge in [-0.15, -0.1) is 0 Å². The fraction of sp³-hybridized carbons (Fsp3) is 0.105. The third-order valence-electron chi connectivity index (χ3n) is 3.25. The Labute approximate surface area is 150 Å². The Morgan fingerprint density at radius 3 is 2.60 bits per heavy atom. The fourth-order valence-corrected chi connectivity index (χ4v) is 2.24. The molecule has 0 atom stereocenters. The zero-order chi connectivity index (χ0) is 18.2. The lowest BCUT2D eigenvalue weighted by molar-refractivity contribution is -0.138. The zero-order valence-corrected chi connectivity index (χ0v) is 14.2. The summed E-state index contributed by atoms with van der Waals surface area (Å²) in [4.78, 5) is 24.3. The van der Waals surface area contributed by atoms with Crippen LogP contribution in [0.5, 0.6) is 0 Å². The predicted octanol–water partition coefficient (Wildman–Crippen LogP) is 3.95. The molecule has 6 heteroatoms. The minimum atomic E-state index is -0.734.